The van der Waals surface area contributed by atoms with E-state index >= 15 is 0 Å². The number of aldehydes is 1. The molecule has 0 aromatic carbocycles. The summed E-state index contributed by atoms with van der Waals surface area (Å²) in [5.41, 5.74) is 0. The van der Waals surface area contributed by atoms with Gasteiger partial charge < -0.3 is 19.0 Å². The SMILES string of the molecule is CC(=O)OCC(COC(=O)CCCCCCC=O)OC(C)=O. The van der Waals surface area contributed by atoms with Crippen LogP contribution in [0.5, 0.6) is 0 Å². The number of carbonyl (C=O) groups excluding carboxylic acids is 4. The molecule has 0 amide bonds. The summed E-state index contributed by atoms with van der Waals surface area (Å²) >= 11 is 0. The van der Waals surface area contributed by atoms with Crippen LogP contribution >= 0.6 is 0 Å². The zero-order chi connectivity index (χ0) is 16.8. The van der Waals surface area contributed by atoms with E-state index in [0.717, 1.165) is 25.5 Å². The Kier molecular flexibility index (Phi) is 11.7. The summed E-state index contributed by atoms with van der Waals surface area (Å²) in [6, 6.07) is 0. The Morgan fingerprint density at radius 2 is 1.55 bits per heavy atom. The van der Waals surface area contributed by atoms with E-state index in [-0.39, 0.29) is 19.6 Å². The van der Waals surface area contributed by atoms with Gasteiger partial charge in [-0.05, 0) is 12.8 Å². The van der Waals surface area contributed by atoms with Crippen molar-refractivity contribution in [2.75, 3.05) is 13.2 Å². The lowest BCUT2D eigenvalue weighted by molar-refractivity contribution is -0.164. The normalized spacial score (nSPS) is 11.4. The van der Waals surface area contributed by atoms with Gasteiger partial charge in [0.15, 0.2) is 6.10 Å². The van der Waals surface area contributed by atoms with Crippen molar-refractivity contribution < 1.29 is 33.4 Å². The van der Waals surface area contributed by atoms with Crippen LogP contribution in [0.1, 0.15) is 52.4 Å². The Morgan fingerprint density at radius 3 is 2.14 bits per heavy atom. The van der Waals surface area contributed by atoms with Gasteiger partial charge in [-0.25, -0.2) is 0 Å². The monoisotopic (exact) mass is 316 g/mol. The van der Waals surface area contributed by atoms with Crippen LogP contribution in [0.25, 0.3) is 0 Å². The first kappa shape index (κ1) is 20.1. The van der Waals surface area contributed by atoms with Crippen molar-refractivity contribution in [1.29, 1.82) is 0 Å². The molecule has 22 heavy (non-hydrogen) atoms. The molecule has 0 aromatic rings. The molecule has 0 aromatic heterocycles. The minimum atomic E-state index is -0.794. The summed E-state index contributed by atoms with van der Waals surface area (Å²) in [4.78, 5) is 43.3. The second-order valence-electron chi connectivity index (χ2n) is 4.84. The van der Waals surface area contributed by atoms with E-state index in [9.17, 15) is 19.2 Å². The third-order valence-corrected chi connectivity index (χ3v) is 2.69. The first-order valence-electron chi connectivity index (χ1n) is 7.35. The average Bonchev–Trinajstić information content (AvgIpc) is 2.45. The van der Waals surface area contributed by atoms with Gasteiger partial charge in [0, 0.05) is 26.7 Å². The van der Waals surface area contributed by atoms with Gasteiger partial charge in [0.25, 0.3) is 0 Å². The number of ether oxygens (including phenoxy) is 3. The van der Waals surface area contributed by atoms with Crippen molar-refractivity contribution in [2.45, 2.75) is 58.5 Å². The smallest absolute Gasteiger partial charge is 0.305 e. The molecule has 0 aliphatic heterocycles. The van der Waals surface area contributed by atoms with Gasteiger partial charge in [-0.15, -0.1) is 0 Å². The van der Waals surface area contributed by atoms with Crippen molar-refractivity contribution in [3.63, 3.8) is 0 Å². The number of hydrogen-bond donors (Lipinski definition) is 0. The minimum absolute atomic E-state index is 0.142. The summed E-state index contributed by atoms with van der Waals surface area (Å²) in [6.07, 6.45) is 4.16. The molecule has 0 saturated heterocycles. The maximum Gasteiger partial charge on any atom is 0.305 e. The minimum Gasteiger partial charge on any atom is -0.462 e. The molecule has 0 aliphatic carbocycles. The lowest BCUT2D eigenvalue weighted by Gasteiger charge is -2.16. The van der Waals surface area contributed by atoms with E-state index in [2.05, 4.69) is 0 Å². The van der Waals surface area contributed by atoms with Gasteiger partial charge in [-0.3, -0.25) is 14.4 Å². The van der Waals surface area contributed by atoms with Crippen molar-refractivity contribution in [3.05, 3.63) is 0 Å². The van der Waals surface area contributed by atoms with Crippen LogP contribution in [0.4, 0.5) is 0 Å². The highest BCUT2D eigenvalue weighted by atomic mass is 16.6. The molecule has 7 nitrogen and oxygen atoms in total. The maximum absolute atomic E-state index is 11.5. The number of hydrogen-bond acceptors (Lipinski definition) is 7. The molecule has 0 saturated carbocycles. The van der Waals surface area contributed by atoms with E-state index in [1.165, 1.54) is 13.8 Å². The molecule has 0 rings (SSSR count). The third kappa shape index (κ3) is 13.1. The fourth-order valence-electron chi connectivity index (χ4n) is 1.67. The van der Waals surface area contributed by atoms with Gasteiger partial charge in [-0.2, -0.15) is 0 Å². The summed E-state index contributed by atoms with van der Waals surface area (Å²) in [5, 5.41) is 0. The fourth-order valence-corrected chi connectivity index (χ4v) is 1.67. The van der Waals surface area contributed by atoms with E-state index < -0.39 is 24.0 Å². The molecule has 1 atom stereocenters. The van der Waals surface area contributed by atoms with E-state index in [4.69, 9.17) is 14.2 Å². The van der Waals surface area contributed by atoms with Crippen molar-refractivity contribution in [2.24, 2.45) is 0 Å². The predicted molar refractivity (Wildman–Crippen MR) is 76.9 cm³/mol. The second-order valence-corrected chi connectivity index (χ2v) is 4.84. The molecule has 0 aliphatic rings. The summed E-state index contributed by atoms with van der Waals surface area (Å²) in [7, 11) is 0. The first-order valence-corrected chi connectivity index (χ1v) is 7.35. The molecule has 0 fully saturated rings. The van der Waals surface area contributed by atoms with Crippen LogP contribution in [-0.2, 0) is 33.4 Å². The average molecular weight is 316 g/mol. The van der Waals surface area contributed by atoms with Gasteiger partial charge in [0.1, 0.15) is 19.5 Å². The molecular formula is C15H24O7. The van der Waals surface area contributed by atoms with Crippen LogP contribution in [0.3, 0.4) is 0 Å². The highest BCUT2D eigenvalue weighted by Crippen LogP contribution is 2.06. The Bertz CT molecular complexity index is 365. The van der Waals surface area contributed by atoms with E-state index in [1.807, 2.05) is 0 Å². The van der Waals surface area contributed by atoms with Crippen LogP contribution in [0, 0.1) is 0 Å². The maximum atomic E-state index is 11.5. The Labute approximate surface area is 130 Å². The molecule has 7 heteroatoms. The summed E-state index contributed by atoms with van der Waals surface area (Å²) in [5.74, 6) is -1.43. The van der Waals surface area contributed by atoms with Gasteiger partial charge in [0.2, 0.25) is 0 Å². The number of esters is 3. The van der Waals surface area contributed by atoms with Crippen molar-refractivity contribution in [3.8, 4) is 0 Å². The topological polar surface area (TPSA) is 96.0 Å². The number of rotatable bonds is 12. The Balaban J connectivity index is 3.86. The molecule has 126 valence electrons. The Morgan fingerprint density at radius 1 is 0.909 bits per heavy atom. The van der Waals surface area contributed by atoms with E-state index in [0.29, 0.717) is 12.8 Å². The number of carbonyl (C=O) groups is 4. The molecule has 0 spiro atoms. The van der Waals surface area contributed by atoms with Crippen molar-refractivity contribution in [1.82, 2.24) is 0 Å². The summed E-state index contributed by atoms with van der Waals surface area (Å²) < 4.78 is 14.6. The van der Waals surface area contributed by atoms with Gasteiger partial charge in [0.05, 0.1) is 0 Å². The molecule has 1 unspecified atom stereocenters. The van der Waals surface area contributed by atoms with Crippen LogP contribution in [0.15, 0.2) is 0 Å². The lowest BCUT2D eigenvalue weighted by atomic mass is 10.1. The second kappa shape index (κ2) is 12.8. The largest absolute Gasteiger partial charge is 0.462 e. The molecular weight excluding hydrogens is 292 g/mol. The van der Waals surface area contributed by atoms with Gasteiger partial charge in [-0.1, -0.05) is 12.8 Å². The highest BCUT2D eigenvalue weighted by Gasteiger charge is 2.16. The van der Waals surface area contributed by atoms with Crippen LogP contribution < -0.4 is 0 Å². The molecule has 0 heterocycles. The van der Waals surface area contributed by atoms with Gasteiger partial charge >= 0.3 is 17.9 Å². The Hall–Kier alpha value is -1.92. The molecule has 0 bridgehead atoms. The summed E-state index contributed by atoms with van der Waals surface area (Å²) in [6.45, 7) is 2.17. The standard InChI is InChI=1S/C15H24O7/c1-12(17)20-10-14(22-13(2)18)11-21-15(19)8-6-4-3-5-7-9-16/h9,14H,3-8,10-11H2,1-2H3. The molecule has 0 N–H and O–H groups in total. The van der Waals surface area contributed by atoms with Crippen LogP contribution in [0.2, 0.25) is 0 Å². The van der Waals surface area contributed by atoms with Crippen LogP contribution in [-0.4, -0.2) is 43.5 Å². The molecule has 0 radical (unpaired) electrons. The van der Waals surface area contributed by atoms with E-state index in [1.54, 1.807) is 0 Å². The van der Waals surface area contributed by atoms with Crippen molar-refractivity contribution >= 4 is 24.2 Å². The quantitative estimate of drug-likeness (QED) is 0.233. The third-order valence-electron chi connectivity index (χ3n) is 2.69. The lowest BCUT2D eigenvalue weighted by Crippen LogP contribution is -2.29. The number of unbranched alkanes of at least 4 members (excludes halogenated alkanes) is 4. The predicted octanol–water partition coefficient (Wildman–Crippen LogP) is 1.56. The fraction of sp³-hybridized carbons (Fsp3) is 0.733. The first-order chi connectivity index (χ1) is 10.5. The highest BCUT2D eigenvalue weighted by molar-refractivity contribution is 5.69. The zero-order valence-electron chi connectivity index (χ0n) is 13.2. The zero-order valence-corrected chi connectivity index (χ0v) is 13.2.